The van der Waals surface area contributed by atoms with E-state index in [4.69, 9.17) is 0 Å². The van der Waals surface area contributed by atoms with E-state index >= 15 is 0 Å². The first-order chi connectivity index (χ1) is 13.7. The van der Waals surface area contributed by atoms with Crippen LogP contribution in [0.4, 0.5) is 10.1 Å². The standard InChI is InChI=1S/C20H17FN4OS2/c1-2-24(16-6-4-3-5-7-16)18(26)13-28-20-23-22-19-25(20)17(12-27-19)14-8-10-15(21)11-9-14/h3-12H,2,13H2,1H3. The molecule has 0 saturated carbocycles. The number of thiazole rings is 1. The summed E-state index contributed by atoms with van der Waals surface area (Å²) in [5.41, 5.74) is 2.64. The van der Waals surface area contributed by atoms with Crippen LogP contribution in [0, 0.1) is 5.82 Å². The summed E-state index contributed by atoms with van der Waals surface area (Å²) in [4.78, 5) is 15.2. The van der Waals surface area contributed by atoms with Crippen LogP contribution in [0.1, 0.15) is 6.92 Å². The molecule has 0 fully saturated rings. The predicted molar refractivity (Wildman–Crippen MR) is 111 cm³/mol. The number of fused-ring (bicyclic) bond motifs is 1. The van der Waals surface area contributed by atoms with E-state index in [9.17, 15) is 9.18 Å². The molecule has 8 heteroatoms. The second kappa shape index (κ2) is 8.12. The zero-order valence-electron chi connectivity index (χ0n) is 15.1. The lowest BCUT2D eigenvalue weighted by molar-refractivity contribution is -0.116. The molecule has 0 aliphatic carbocycles. The lowest BCUT2D eigenvalue weighted by Gasteiger charge is -2.20. The van der Waals surface area contributed by atoms with Crippen molar-refractivity contribution in [1.82, 2.24) is 14.6 Å². The summed E-state index contributed by atoms with van der Waals surface area (Å²) in [6, 6.07) is 15.9. The monoisotopic (exact) mass is 412 g/mol. The molecule has 28 heavy (non-hydrogen) atoms. The molecule has 0 aliphatic rings. The van der Waals surface area contributed by atoms with Crippen molar-refractivity contribution >= 4 is 39.7 Å². The first-order valence-electron chi connectivity index (χ1n) is 8.74. The summed E-state index contributed by atoms with van der Waals surface area (Å²) >= 11 is 2.81. The number of hydrogen-bond donors (Lipinski definition) is 0. The van der Waals surface area contributed by atoms with Gasteiger partial charge in [-0.05, 0) is 48.9 Å². The molecule has 142 valence electrons. The van der Waals surface area contributed by atoms with Gasteiger partial charge in [-0.1, -0.05) is 30.0 Å². The largest absolute Gasteiger partial charge is 0.312 e. The first kappa shape index (κ1) is 18.6. The van der Waals surface area contributed by atoms with Crippen LogP contribution in [0.2, 0.25) is 0 Å². The highest BCUT2D eigenvalue weighted by atomic mass is 32.2. The highest BCUT2D eigenvalue weighted by Crippen LogP contribution is 2.30. The molecule has 0 atom stereocenters. The molecule has 0 radical (unpaired) electrons. The van der Waals surface area contributed by atoms with Gasteiger partial charge in [0.05, 0.1) is 11.4 Å². The number of rotatable bonds is 6. The number of amides is 1. The van der Waals surface area contributed by atoms with Gasteiger partial charge in [0.2, 0.25) is 10.9 Å². The number of anilines is 1. The molecule has 0 bridgehead atoms. The Balaban J connectivity index is 1.56. The van der Waals surface area contributed by atoms with E-state index in [1.807, 2.05) is 47.0 Å². The van der Waals surface area contributed by atoms with Gasteiger partial charge in [-0.25, -0.2) is 4.39 Å². The Kier molecular flexibility index (Phi) is 5.40. The number of aromatic nitrogens is 3. The third-order valence-electron chi connectivity index (χ3n) is 4.27. The minimum atomic E-state index is -0.278. The van der Waals surface area contributed by atoms with Crippen LogP contribution in [-0.2, 0) is 4.79 Å². The highest BCUT2D eigenvalue weighted by molar-refractivity contribution is 7.99. The van der Waals surface area contributed by atoms with E-state index < -0.39 is 0 Å². The van der Waals surface area contributed by atoms with E-state index in [1.165, 1.54) is 35.2 Å². The van der Waals surface area contributed by atoms with Gasteiger partial charge in [0, 0.05) is 17.6 Å². The van der Waals surface area contributed by atoms with Crippen molar-refractivity contribution in [2.75, 3.05) is 17.2 Å². The summed E-state index contributed by atoms with van der Waals surface area (Å²) in [5.74, 6) is -0.0175. The molecular formula is C20H17FN4OS2. The van der Waals surface area contributed by atoms with E-state index in [2.05, 4.69) is 10.2 Å². The Bertz CT molecular complexity index is 1090. The van der Waals surface area contributed by atoms with Crippen molar-refractivity contribution in [3.63, 3.8) is 0 Å². The Hall–Kier alpha value is -2.71. The third-order valence-corrected chi connectivity index (χ3v) is 6.00. The molecule has 2 aromatic carbocycles. The fraction of sp³-hybridized carbons (Fsp3) is 0.150. The van der Waals surface area contributed by atoms with Gasteiger partial charge in [-0.2, -0.15) is 0 Å². The summed E-state index contributed by atoms with van der Waals surface area (Å²) in [6.45, 7) is 2.55. The summed E-state index contributed by atoms with van der Waals surface area (Å²) in [6.07, 6.45) is 0. The number of carbonyl (C=O) groups is 1. The Morgan fingerprint density at radius 3 is 2.61 bits per heavy atom. The second-order valence-corrected chi connectivity index (χ2v) is 7.77. The van der Waals surface area contributed by atoms with E-state index in [1.54, 1.807) is 17.0 Å². The maximum atomic E-state index is 13.2. The zero-order valence-corrected chi connectivity index (χ0v) is 16.7. The predicted octanol–water partition coefficient (Wildman–Crippen LogP) is 4.74. The number of hydrogen-bond acceptors (Lipinski definition) is 5. The number of benzene rings is 2. The van der Waals surface area contributed by atoms with Crippen LogP contribution >= 0.6 is 23.1 Å². The normalized spacial score (nSPS) is 11.1. The summed E-state index contributed by atoms with van der Waals surface area (Å²) in [5, 5.41) is 11.0. The summed E-state index contributed by atoms with van der Waals surface area (Å²) in [7, 11) is 0. The number of para-hydroxylation sites is 1. The molecule has 2 aromatic heterocycles. The molecule has 1 amide bonds. The molecular weight excluding hydrogens is 395 g/mol. The van der Waals surface area contributed by atoms with Gasteiger partial charge in [-0.3, -0.25) is 9.20 Å². The van der Waals surface area contributed by atoms with Gasteiger partial charge in [0.1, 0.15) is 5.82 Å². The van der Waals surface area contributed by atoms with Crippen molar-refractivity contribution in [3.05, 3.63) is 65.8 Å². The quantitative estimate of drug-likeness (QED) is 0.429. The molecule has 4 rings (SSSR count). The van der Waals surface area contributed by atoms with Crippen LogP contribution in [0.5, 0.6) is 0 Å². The van der Waals surface area contributed by atoms with Crippen molar-refractivity contribution < 1.29 is 9.18 Å². The average molecular weight is 413 g/mol. The lowest BCUT2D eigenvalue weighted by Crippen LogP contribution is -2.32. The van der Waals surface area contributed by atoms with Gasteiger partial charge in [0.15, 0.2) is 5.16 Å². The fourth-order valence-corrected chi connectivity index (χ4v) is 4.64. The van der Waals surface area contributed by atoms with Crippen LogP contribution in [0.3, 0.4) is 0 Å². The molecule has 0 unspecified atom stereocenters. The fourth-order valence-electron chi connectivity index (χ4n) is 2.93. The smallest absolute Gasteiger partial charge is 0.237 e. The third kappa shape index (κ3) is 3.65. The number of thioether (sulfide) groups is 1. The van der Waals surface area contributed by atoms with Crippen molar-refractivity contribution in [2.24, 2.45) is 0 Å². The zero-order chi connectivity index (χ0) is 19.5. The average Bonchev–Trinajstić information content (AvgIpc) is 3.31. The van der Waals surface area contributed by atoms with Gasteiger partial charge in [0.25, 0.3) is 0 Å². The van der Waals surface area contributed by atoms with Gasteiger partial charge < -0.3 is 4.90 Å². The van der Waals surface area contributed by atoms with Crippen LogP contribution < -0.4 is 4.90 Å². The maximum absolute atomic E-state index is 13.2. The molecule has 2 heterocycles. The molecule has 0 aliphatic heterocycles. The van der Waals surface area contributed by atoms with Gasteiger partial charge in [-0.15, -0.1) is 21.5 Å². The van der Waals surface area contributed by atoms with Crippen LogP contribution in [-0.4, -0.2) is 32.8 Å². The van der Waals surface area contributed by atoms with E-state index in [0.717, 1.165) is 21.9 Å². The number of halogens is 1. The molecule has 0 saturated heterocycles. The van der Waals surface area contributed by atoms with E-state index in [-0.39, 0.29) is 17.5 Å². The SMILES string of the molecule is CCN(C(=O)CSc1nnc2scc(-c3ccc(F)cc3)n12)c1ccccc1. The molecule has 5 nitrogen and oxygen atoms in total. The Morgan fingerprint density at radius 2 is 1.89 bits per heavy atom. The highest BCUT2D eigenvalue weighted by Gasteiger charge is 2.18. The van der Waals surface area contributed by atoms with E-state index in [0.29, 0.717) is 11.7 Å². The molecule has 0 N–H and O–H groups in total. The Labute approximate surface area is 169 Å². The minimum absolute atomic E-state index is 0.00834. The molecule has 0 spiro atoms. The van der Waals surface area contributed by atoms with Crippen molar-refractivity contribution in [3.8, 4) is 11.3 Å². The number of nitrogens with zero attached hydrogens (tertiary/aromatic N) is 4. The minimum Gasteiger partial charge on any atom is -0.312 e. The van der Waals surface area contributed by atoms with Crippen molar-refractivity contribution in [2.45, 2.75) is 12.1 Å². The lowest BCUT2D eigenvalue weighted by atomic mass is 10.2. The molecule has 4 aromatic rings. The van der Waals surface area contributed by atoms with Crippen LogP contribution in [0.15, 0.2) is 65.1 Å². The first-order valence-corrected chi connectivity index (χ1v) is 10.6. The van der Waals surface area contributed by atoms with Gasteiger partial charge >= 0.3 is 0 Å². The number of carbonyl (C=O) groups excluding carboxylic acids is 1. The van der Waals surface area contributed by atoms with Crippen LogP contribution in [0.25, 0.3) is 16.2 Å². The Morgan fingerprint density at radius 1 is 1.14 bits per heavy atom. The summed E-state index contributed by atoms with van der Waals surface area (Å²) < 4.78 is 15.2. The maximum Gasteiger partial charge on any atom is 0.237 e. The van der Waals surface area contributed by atoms with Crippen molar-refractivity contribution in [1.29, 1.82) is 0 Å². The second-order valence-electron chi connectivity index (χ2n) is 5.99. The topological polar surface area (TPSA) is 50.5 Å².